The zero-order valence-electron chi connectivity index (χ0n) is 14.4. The number of hydrogen-bond acceptors (Lipinski definition) is 8. The summed E-state index contributed by atoms with van der Waals surface area (Å²) in [4.78, 5) is 13.9. The first-order chi connectivity index (χ1) is 12.2. The van der Waals surface area contributed by atoms with E-state index in [1.54, 1.807) is 10.9 Å². The normalized spacial score (nSPS) is 22.7. The van der Waals surface area contributed by atoms with Crippen LogP contribution in [0.15, 0.2) is 6.20 Å². The van der Waals surface area contributed by atoms with Gasteiger partial charge in [-0.15, -0.1) is 10.2 Å². The maximum Gasteiger partial charge on any atom is 0.360 e. The molecule has 0 amide bonds. The van der Waals surface area contributed by atoms with Gasteiger partial charge in [0, 0.05) is 6.54 Å². The molecule has 4 rings (SSSR count). The first-order valence-electron chi connectivity index (χ1n) is 8.69. The molecular formula is C15H22N8O2. The molecule has 2 atom stereocenters. The van der Waals surface area contributed by atoms with Gasteiger partial charge in [0.2, 0.25) is 0 Å². The van der Waals surface area contributed by atoms with Crippen molar-refractivity contribution in [1.82, 2.24) is 40.1 Å². The molecule has 10 nitrogen and oxygen atoms in total. The SMILES string of the molecule is COC(=O)c1cn([C@H]2CCCN([C@H](C)c3nnnn3C3CC3)C2)nn1. The zero-order chi connectivity index (χ0) is 17.4. The Balaban J connectivity index is 1.48. The molecule has 10 heteroatoms. The lowest BCUT2D eigenvalue weighted by atomic mass is 10.0. The van der Waals surface area contributed by atoms with Crippen LogP contribution in [0.4, 0.5) is 0 Å². The zero-order valence-corrected chi connectivity index (χ0v) is 14.4. The van der Waals surface area contributed by atoms with Crippen LogP contribution in [0, 0.1) is 0 Å². The van der Waals surface area contributed by atoms with Gasteiger partial charge in [0.25, 0.3) is 0 Å². The smallest absolute Gasteiger partial charge is 0.360 e. The summed E-state index contributed by atoms with van der Waals surface area (Å²) in [6.07, 6.45) is 6.03. The van der Waals surface area contributed by atoms with E-state index < -0.39 is 5.97 Å². The van der Waals surface area contributed by atoms with Crippen LogP contribution >= 0.6 is 0 Å². The second-order valence-electron chi connectivity index (χ2n) is 6.76. The highest BCUT2D eigenvalue weighted by Crippen LogP contribution is 2.37. The van der Waals surface area contributed by atoms with Gasteiger partial charge in [-0.3, -0.25) is 4.90 Å². The topological polar surface area (TPSA) is 104 Å². The van der Waals surface area contributed by atoms with Gasteiger partial charge in [-0.25, -0.2) is 14.2 Å². The van der Waals surface area contributed by atoms with E-state index in [1.165, 1.54) is 7.11 Å². The lowest BCUT2D eigenvalue weighted by molar-refractivity contribution is 0.0593. The van der Waals surface area contributed by atoms with Crippen LogP contribution in [0.25, 0.3) is 0 Å². The summed E-state index contributed by atoms with van der Waals surface area (Å²) >= 11 is 0. The van der Waals surface area contributed by atoms with Gasteiger partial charge in [-0.05, 0) is 49.6 Å². The van der Waals surface area contributed by atoms with Gasteiger partial charge in [-0.1, -0.05) is 5.21 Å². The standard InChI is InChI=1S/C15H22N8O2/c1-10(14-17-18-20-23(14)11-5-6-11)21-7-3-4-12(8-21)22-9-13(16-19-22)15(24)25-2/h9-12H,3-8H2,1-2H3/t10-,12+/m1/s1. The summed E-state index contributed by atoms with van der Waals surface area (Å²) < 4.78 is 8.44. The van der Waals surface area contributed by atoms with Crippen molar-refractivity contribution in [3.8, 4) is 0 Å². The van der Waals surface area contributed by atoms with Crippen molar-refractivity contribution in [2.75, 3.05) is 20.2 Å². The molecule has 0 N–H and O–H groups in total. The first kappa shape index (κ1) is 16.1. The van der Waals surface area contributed by atoms with Gasteiger partial charge in [0.05, 0.1) is 31.4 Å². The molecule has 1 aliphatic heterocycles. The second-order valence-corrected chi connectivity index (χ2v) is 6.76. The number of aromatic nitrogens is 7. The number of nitrogens with zero attached hydrogens (tertiary/aromatic N) is 8. The van der Waals surface area contributed by atoms with E-state index in [1.807, 2.05) is 4.68 Å². The fourth-order valence-electron chi connectivity index (χ4n) is 3.42. The van der Waals surface area contributed by atoms with E-state index in [4.69, 9.17) is 4.74 Å². The highest BCUT2D eigenvalue weighted by atomic mass is 16.5. The largest absolute Gasteiger partial charge is 0.464 e. The molecule has 3 heterocycles. The molecule has 2 aromatic rings. The monoisotopic (exact) mass is 346 g/mol. The number of rotatable bonds is 5. The predicted octanol–water partition coefficient (Wildman–Crippen LogP) is 0.784. The molecule has 0 unspecified atom stereocenters. The number of tetrazole rings is 1. The third kappa shape index (κ3) is 3.13. The molecule has 2 fully saturated rings. The van der Waals surface area contributed by atoms with Crippen LogP contribution < -0.4 is 0 Å². The summed E-state index contributed by atoms with van der Waals surface area (Å²) in [6.45, 7) is 3.96. The molecule has 0 radical (unpaired) electrons. The van der Waals surface area contributed by atoms with E-state index in [9.17, 15) is 4.79 Å². The molecule has 25 heavy (non-hydrogen) atoms. The van der Waals surface area contributed by atoms with Gasteiger partial charge in [-0.2, -0.15) is 0 Å². The number of likely N-dealkylation sites (tertiary alicyclic amines) is 1. The average Bonchev–Trinajstić information content (AvgIpc) is 3.18. The highest BCUT2D eigenvalue weighted by Gasteiger charge is 2.33. The van der Waals surface area contributed by atoms with E-state index in [2.05, 4.69) is 37.7 Å². The molecular weight excluding hydrogens is 324 g/mol. The third-order valence-corrected chi connectivity index (χ3v) is 5.04. The van der Waals surface area contributed by atoms with E-state index in [-0.39, 0.29) is 17.8 Å². The van der Waals surface area contributed by atoms with Crippen LogP contribution in [0.5, 0.6) is 0 Å². The summed E-state index contributed by atoms with van der Waals surface area (Å²) in [5.74, 6) is 0.466. The number of carbonyl (C=O) groups excluding carboxylic acids is 1. The van der Waals surface area contributed by atoms with Crippen molar-refractivity contribution >= 4 is 5.97 Å². The van der Waals surface area contributed by atoms with Crippen molar-refractivity contribution in [2.45, 2.75) is 50.7 Å². The molecule has 134 valence electrons. The Kier molecular flexibility index (Phi) is 4.20. The Morgan fingerprint density at radius 3 is 2.84 bits per heavy atom. The lowest BCUT2D eigenvalue weighted by Crippen LogP contribution is -2.39. The van der Waals surface area contributed by atoms with Gasteiger partial charge in [0.15, 0.2) is 11.5 Å². The first-order valence-corrected chi connectivity index (χ1v) is 8.69. The van der Waals surface area contributed by atoms with Crippen molar-refractivity contribution in [3.05, 3.63) is 17.7 Å². The van der Waals surface area contributed by atoms with Crippen LogP contribution in [-0.4, -0.2) is 66.3 Å². The number of ether oxygens (including phenoxy) is 1. The molecule has 1 aliphatic carbocycles. The maximum atomic E-state index is 11.6. The molecule has 1 saturated carbocycles. The Bertz CT molecular complexity index is 752. The molecule has 0 aromatic carbocycles. The minimum atomic E-state index is -0.462. The van der Waals surface area contributed by atoms with Gasteiger partial charge in [0.1, 0.15) is 0 Å². The minimum Gasteiger partial charge on any atom is -0.464 e. The molecule has 2 aliphatic rings. The number of carbonyl (C=O) groups is 1. The summed E-state index contributed by atoms with van der Waals surface area (Å²) in [7, 11) is 1.34. The van der Waals surface area contributed by atoms with E-state index >= 15 is 0 Å². The minimum absolute atomic E-state index is 0.141. The van der Waals surface area contributed by atoms with Crippen LogP contribution in [0.3, 0.4) is 0 Å². The maximum absolute atomic E-state index is 11.6. The van der Waals surface area contributed by atoms with Crippen molar-refractivity contribution < 1.29 is 9.53 Å². The molecule has 0 bridgehead atoms. The Labute approximate surface area is 145 Å². The number of esters is 1. The van der Waals surface area contributed by atoms with Gasteiger partial charge < -0.3 is 4.74 Å². The third-order valence-electron chi connectivity index (χ3n) is 5.04. The van der Waals surface area contributed by atoms with Crippen molar-refractivity contribution in [3.63, 3.8) is 0 Å². The van der Waals surface area contributed by atoms with E-state index in [0.29, 0.717) is 6.04 Å². The molecule has 1 saturated heterocycles. The average molecular weight is 346 g/mol. The van der Waals surface area contributed by atoms with Crippen LogP contribution in [-0.2, 0) is 4.74 Å². The Hall–Kier alpha value is -2.36. The molecule has 2 aromatic heterocycles. The number of piperidine rings is 1. The summed E-state index contributed by atoms with van der Waals surface area (Å²) in [5, 5.41) is 20.3. The quantitative estimate of drug-likeness (QED) is 0.732. The lowest BCUT2D eigenvalue weighted by Gasteiger charge is -2.35. The number of hydrogen-bond donors (Lipinski definition) is 0. The second kappa shape index (κ2) is 6.51. The van der Waals surface area contributed by atoms with Crippen LogP contribution in [0.2, 0.25) is 0 Å². The number of methoxy groups -OCH3 is 1. The highest BCUT2D eigenvalue weighted by molar-refractivity contribution is 5.86. The summed E-state index contributed by atoms with van der Waals surface area (Å²) in [6, 6.07) is 0.778. The van der Waals surface area contributed by atoms with E-state index in [0.717, 1.165) is 44.6 Å². The van der Waals surface area contributed by atoms with Crippen LogP contribution in [0.1, 0.15) is 67.0 Å². The fourth-order valence-corrected chi connectivity index (χ4v) is 3.42. The Morgan fingerprint density at radius 1 is 1.24 bits per heavy atom. The van der Waals surface area contributed by atoms with Crippen molar-refractivity contribution in [2.24, 2.45) is 0 Å². The van der Waals surface area contributed by atoms with Crippen molar-refractivity contribution in [1.29, 1.82) is 0 Å². The summed E-state index contributed by atoms with van der Waals surface area (Å²) in [5.41, 5.74) is 0.241. The molecule has 0 spiro atoms. The fraction of sp³-hybridized carbons (Fsp3) is 0.733. The Morgan fingerprint density at radius 2 is 2.08 bits per heavy atom. The predicted molar refractivity (Wildman–Crippen MR) is 85.7 cm³/mol. The van der Waals surface area contributed by atoms with Gasteiger partial charge >= 0.3 is 5.97 Å².